The van der Waals surface area contributed by atoms with E-state index in [1.165, 1.54) is 0 Å². The molecule has 1 fully saturated rings. The Morgan fingerprint density at radius 2 is 2.21 bits per heavy atom. The number of hydrogen-bond donors (Lipinski definition) is 1. The van der Waals surface area contributed by atoms with Gasteiger partial charge >= 0.3 is 0 Å². The van der Waals surface area contributed by atoms with Gasteiger partial charge in [0.15, 0.2) is 11.5 Å². The third-order valence-electron chi connectivity index (χ3n) is 4.44. The predicted molar refractivity (Wildman–Crippen MR) is 94.8 cm³/mol. The Kier molecular flexibility index (Phi) is 6.87. The molecule has 1 aliphatic rings. The first kappa shape index (κ1) is 18.5. The van der Waals surface area contributed by atoms with Crippen molar-refractivity contribution in [2.24, 2.45) is 5.73 Å². The summed E-state index contributed by atoms with van der Waals surface area (Å²) >= 11 is 0. The minimum Gasteiger partial charge on any atom is -0.493 e. The van der Waals surface area contributed by atoms with Crippen molar-refractivity contribution in [3.63, 3.8) is 0 Å². The van der Waals surface area contributed by atoms with Crippen LogP contribution in [0.4, 0.5) is 0 Å². The summed E-state index contributed by atoms with van der Waals surface area (Å²) in [5, 5.41) is 0. The van der Waals surface area contributed by atoms with Crippen LogP contribution in [0.2, 0.25) is 0 Å². The molecule has 0 bridgehead atoms. The number of likely N-dealkylation sites (N-methyl/N-ethyl adjacent to an activating group) is 1. The summed E-state index contributed by atoms with van der Waals surface area (Å²) < 4.78 is 11.2. The predicted octanol–water partition coefficient (Wildman–Crippen LogP) is 1.59. The summed E-state index contributed by atoms with van der Waals surface area (Å²) in [5.41, 5.74) is 6.09. The van der Waals surface area contributed by atoms with E-state index in [0.29, 0.717) is 36.3 Å². The van der Waals surface area contributed by atoms with Crippen LogP contribution in [0.1, 0.15) is 29.6 Å². The Hall–Kier alpha value is -1.79. The summed E-state index contributed by atoms with van der Waals surface area (Å²) in [4.78, 5) is 17.1. The molecule has 1 amide bonds. The maximum atomic E-state index is 13.0. The highest BCUT2D eigenvalue weighted by Gasteiger charge is 2.28. The number of carbonyl (C=O) groups is 1. The van der Waals surface area contributed by atoms with Crippen molar-refractivity contribution in [1.29, 1.82) is 0 Å². The van der Waals surface area contributed by atoms with E-state index in [1.54, 1.807) is 7.11 Å². The second-order valence-electron chi connectivity index (χ2n) is 6.34. The molecule has 1 aromatic carbocycles. The molecule has 2 rings (SSSR count). The number of benzene rings is 1. The Morgan fingerprint density at radius 1 is 1.42 bits per heavy atom. The van der Waals surface area contributed by atoms with E-state index in [9.17, 15) is 4.79 Å². The molecule has 1 heterocycles. The van der Waals surface area contributed by atoms with E-state index in [0.717, 1.165) is 32.4 Å². The molecule has 1 aliphatic heterocycles. The Balaban J connectivity index is 2.21. The third kappa shape index (κ3) is 4.39. The lowest BCUT2D eigenvalue weighted by Gasteiger charge is -2.36. The molecule has 0 aliphatic carbocycles. The maximum absolute atomic E-state index is 13.0. The van der Waals surface area contributed by atoms with Crippen LogP contribution in [0, 0.1) is 0 Å². The summed E-state index contributed by atoms with van der Waals surface area (Å²) in [6, 6.07) is 5.85. The molecule has 134 valence electrons. The molecule has 0 radical (unpaired) electrons. The van der Waals surface area contributed by atoms with Gasteiger partial charge in [0, 0.05) is 19.1 Å². The Morgan fingerprint density at radius 3 is 2.88 bits per heavy atom. The number of hydrogen-bond acceptors (Lipinski definition) is 5. The van der Waals surface area contributed by atoms with Crippen molar-refractivity contribution in [3.05, 3.63) is 23.8 Å². The molecule has 0 saturated carbocycles. The van der Waals surface area contributed by atoms with Gasteiger partial charge in [0.1, 0.15) is 0 Å². The van der Waals surface area contributed by atoms with Gasteiger partial charge in [-0.05, 0) is 52.0 Å². The lowest BCUT2D eigenvalue weighted by atomic mass is 10.0. The number of piperidine rings is 1. The molecule has 2 N–H and O–H groups in total. The van der Waals surface area contributed by atoms with Crippen LogP contribution in [0.5, 0.6) is 11.5 Å². The zero-order valence-corrected chi connectivity index (χ0v) is 15.0. The molecule has 0 unspecified atom stereocenters. The van der Waals surface area contributed by atoms with Crippen molar-refractivity contribution < 1.29 is 14.3 Å². The van der Waals surface area contributed by atoms with Gasteiger partial charge in [0.05, 0.1) is 19.3 Å². The molecule has 6 heteroatoms. The Bertz CT molecular complexity index is 548. The second-order valence-corrected chi connectivity index (χ2v) is 6.34. The van der Waals surface area contributed by atoms with Gasteiger partial charge in [-0.2, -0.15) is 0 Å². The van der Waals surface area contributed by atoms with Gasteiger partial charge in [-0.1, -0.05) is 6.07 Å². The van der Waals surface area contributed by atoms with Crippen LogP contribution < -0.4 is 15.2 Å². The molecule has 0 aromatic heterocycles. The second kappa shape index (κ2) is 8.89. The zero-order valence-electron chi connectivity index (χ0n) is 15.0. The SMILES string of the molecule is COc1cccc(C(=O)N2CCC[C@H](N(C)C)C2)c1OCCCN. The van der Waals surface area contributed by atoms with E-state index in [2.05, 4.69) is 19.0 Å². The van der Waals surface area contributed by atoms with E-state index < -0.39 is 0 Å². The quantitative estimate of drug-likeness (QED) is 0.767. The number of para-hydroxylation sites is 1. The number of likely N-dealkylation sites (tertiary alicyclic amines) is 1. The molecule has 24 heavy (non-hydrogen) atoms. The monoisotopic (exact) mass is 335 g/mol. The molecule has 1 atom stereocenters. The van der Waals surface area contributed by atoms with Crippen LogP contribution >= 0.6 is 0 Å². The fraction of sp³-hybridized carbons (Fsp3) is 0.611. The maximum Gasteiger partial charge on any atom is 0.257 e. The number of nitrogens with zero attached hydrogens (tertiary/aromatic N) is 2. The number of amides is 1. The topological polar surface area (TPSA) is 68.0 Å². The molecule has 6 nitrogen and oxygen atoms in total. The van der Waals surface area contributed by atoms with E-state index in [1.807, 2.05) is 23.1 Å². The van der Waals surface area contributed by atoms with Crippen molar-refractivity contribution in [1.82, 2.24) is 9.80 Å². The Labute approximate surface area is 144 Å². The summed E-state index contributed by atoms with van der Waals surface area (Å²) in [7, 11) is 5.71. The molecule has 1 saturated heterocycles. The number of nitrogens with two attached hydrogens (primary N) is 1. The van der Waals surface area contributed by atoms with E-state index >= 15 is 0 Å². The first-order chi connectivity index (χ1) is 11.6. The van der Waals surface area contributed by atoms with Crippen LogP contribution in [0.25, 0.3) is 0 Å². The van der Waals surface area contributed by atoms with Crippen molar-refractivity contribution in [2.45, 2.75) is 25.3 Å². The lowest BCUT2D eigenvalue weighted by Crippen LogP contribution is -2.47. The van der Waals surface area contributed by atoms with Crippen LogP contribution in [0.3, 0.4) is 0 Å². The minimum atomic E-state index is 0.00296. The van der Waals surface area contributed by atoms with Gasteiger partial charge in [0.25, 0.3) is 5.91 Å². The van der Waals surface area contributed by atoms with Gasteiger partial charge in [-0.25, -0.2) is 0 Å². The smallest absolute Gasteiger partial charge is 0.257 e. The molecular formula is C18H29N3O3. The van der Waals surface area contributed by atoms with Crippen molar-refractivity contribution in [3.8, 4) is 11.5 Å². The normalized spacial score (nSPS) is 17.9. The van der Waals surface area contributed by atoms with E-state index in [4.69, 9.17) is 15.2 Å². The highest BCUT2D eigenvalue weighted by atomic mass is 16.5. The molecular weight excluding hydrogens is 306 g/mol. The van der Waals surface area contributed by atoms with Gasteiger partial charge < -0.3 is 25.0 Å². The van der Waals surface area contributed by atoms with Gasteiger partial charge in [0.2, 0.25) is 0 Å². The molecule has 0 spiro atoms. The number of methoxy groups -OCH3 is 1. The van der Waals surface area contributed by atoms with Gasteiger partial charge in [-0.15, -0.1) is 0 Å². The fourth-order valence-electron chi connectivity index (χ4n) is 2.98. The average molecular weight is 335 g/mol. The van der Waals surface area contributed by atoms with Gasteiger partial charge in [-0.3, -0.25) is 4.79 Å². The number of rotatable bonds is 7. The van der Waals surface area contributed by atoms with Crippen LogP contribution in [-0.2, 0) is 0 Å². The van der Waals surface area contributed by atoms with E-state index in [-0.39, 0.29) is 5.91 Å². The van der Waals surface area contributed by atoms with Crippen LogP contribution in [0.15, 0.2) is 18.2 Å². The standard InChI is InChI=1S/C18H29N3O3/c1-20(2)14-7-5-11-21(13-14)18(22)15-8-4-9-16(23-3)17(15)24-12-6-10-19/h4,8-9,14H,5-7,10-13,19H2,1-3H3/t14-/m0/s1. The fourth-order valence-corrected chi connectivity index (χ4v) is 2.98. The molecule has 1 aromatic rings. The lowest BCUT2D eigenvalue weighted by molar-refractivity contribution is 0.0630. The summed E-state index contributed by atoms with van der Waals surface area (Å²) in [6.07, 6.45) is 2.87. The highest BCUT2D eigenvalue weighted by molar-refractivity contribution is 5.98. The average Bonchev–Trinajstić information content (AvgIpc) is 2.61. The number of ether oxygens (including phenoxy) is 2. The first-order valence-corrected chi connectivity index (χ1v) is 8.54. The largest absolute Gasteiger partial charge is 0.493 e. The zero-order chi connectivity index (χ0) is 17.5. The van der Waals surface area contributed by atoms with Crippen LogP contribution in [-0.4, -0.2) is 69.2 Å². The summed E-state index contributed by atoms with van der Waals surface area (Å²) in [6.45, 7) is 2.54. The highest BCUT2D eigenvalue weighted by Crippen LogP contribution is 2.32. The number of carbonyl (C=O) groups excluding carboxylic acids is 1. The van der Waals surface area contributed by atoms with Crippen molar-refractivity contribution >= 4 is 5.91 Å². The summed E-state index contributed by atoms with van der Waals surface area (Å²) in [5.74, 6) is 1.10. The first-order valence-electron chi connectivity index (χ1n) is 8.54. The van der Waals surface area contributed by atoms with Crippen molar-refractivity contribution in [2.75, 3.05) is 47.4 Å². The minimum absolute atomic E-state index is 0.00296. The third-order valence-corrected chi connectivity index (χ3v) is 4.44.